The third-order valence-corrected chi connectivity index (χ3v) is 15.7. The Hall–Kier alpha value is -5.26. The Morgan fingerprint density at radius 1 is 0.809 bits per heavy atom. The standard InChI is InChI=1S/C63H78BN2OS/c1-14-17-18-19-20-21-24-33-60(6,7)35-36-61(8,9)34-27-40-65-47-29-25-30-48(41-47)66(39-26-28-46(15-2)45(4)5)57-51-42-52-53(63(12,13)38-37-62(52,10)11)43-56(51)68-59(57)64-44-54(65)58-49(16-3)50-31-22-23-32-55(50)67-58/h14-19,21-32,40-45H,3,20,33-39H2,1-2,4-13H3/b17-14-,19-18-,24-21+,28-26-,40-27+,46-15+,54-44-. The van der Waals surface area contributed by atoms with Crippen LogP contribution in [0.25, 0.3) is 32.8 Å². The molecule has 1 aliphatic carbocycles. The summed E-state index contributed by atoms with van der Waals surface area (Å²) in [6.07, 6.45) is 34.4. The van der Waals surface area contributed by atoms with E-state index in [0.29, 0.717) is 5.92 Å². The first-order valence-electron chi connectivity index (χ1n) is 25.3. The molecule has 1 radical (unpaired) electrons. The maximum atomic E-state index is 6.91. The Balaban J connectivity index is 1.34. The maximum Gasteiger partial charge on any atom is 0.201 e. The van der Waals surface area contributed by atoms with Crippen LogP contribution in [0.1, 0.15) is 150 Å². The molecule has 68 heavy (non-hydrogen) atoms. The number of fused-ring (bicyclic) bond motifs is 7. The van der Waals surface area contributed by atoms with E-state index in [4.69, 9.17) is 4.42 Å². The van der Waals surface area contributed by atoms with Crippen LogP contribution in [0.5, 0.6) is 0 Å². The molecular formula is C63H78BN2OS. The molecule has 0 saturated heterocycles. The van der Waals surface area contributed by atoms with Crippen LogP contribution in [0.15, 0.2) is 150 Å². The lowest BCUT2D eigenvalue weighted by Crippen LogP contribution is -2.33. The number of para-hydroxylation sites is 1. The van der Waals surface area contributed by atoms with Gasteiger partial charge < -0.3 is 14.2 Å². The molecule has 0 saturated carbocycles. The second kappa shape index (κ2) is 21.2. The fraction of sp³-hybridized carbons (Fsp3) is 0.397. The zero-order chi connectivity index (χ0) is 48.9. The molecule has 2 aromatic heterocycles. The lowest BCUT2D eigenvalue weighted by Gasteiger charge is -2.42. The van der Waals surface area contributed by atoms with Gasteiger partial charge in [0.05, 0.1) is 11.4 Å². The van der Waals surface area contributed by atoms with Crippen LogP contribution < -0.4 is 14.6 Å². The number of nitrogens with zero attached hydrogens (tertiary/aromatic N) is 2. The van der Waals surface area contributed by atoms with Crippen molar-refractivity contribution in [3.05, 3.63) is 168 Å². The first-order chi connectivity index (χ1) is 32.4. The number of hydrogen-bond donors (Lipinski definition) is 0. The molecule has 0 N–H and O–H groups in total. The molecule has 355 valence electrons. The molecule has 1 aliphatic heterocycles. The Kier molecular flexibility index (Phi) is 15.8. The highest BCUT2D eigenvalue weighted by molar-refractivity contribution is 7.28. The highest BCUT2D eigenvalue weighted by Crippen LogP contribution is 2.50. The van der Waals surface area contributed by atoms with Crippen LogP contribution in [0, 0.1) is 16.7 Å². The Labute approximate surface area is 415 Å². The van der Waals surface area contributed by atoms with E-state index in [9.17, 15) is 0 Å². The summed E-state index contributed by atoms with van der Waals surface area (Å²) in [4.78, 5) is 4.91. The van der Waals surface area contributed by atoms with Crippen molar-refractivity contribution in [3.63, 3.8) is 0 Å². The van der Waals surface area contributed by atoms with Gasteiger partial charge in [-0.2, -0.15) is 0 Å². The van der Waals surface area contributed by atoms with E-state index >= 15 is 0 Å². The Morgan fingerprint density at radius 3 is 2.19 bits per heavy atom. The minimum Gasteiger partial charge on any atom is -0.454 e. The Morgan fingerprint density at radius 2 is 1.50 bits per heavy atom. The number of thiophene rings is 1. The molecule has 3 heterocycles. The quantitative estimate of drug-likeness (QED) is 0.0526. The zero-order valence-electron chi connectivity index (χ0n) is 43.5. The summed E-state index contributed by atoms with van der Waals surface area (Å²) in [7, 11) is 2.36. The van der Waals surface area contributed by atoms with Gasteiger partial charge >= 0.3 is 0 Å². The van der Waals surface area contributed by atoms with Gasteiger partial charge in [0.2, 0.25) is 7.28 Å². The van der Waals surface area contributed by atoms with Gasteiger partial charge in [0, 0.05) is 45.2 Å². The van der Waals surface area contributed by atoms with E-state index in [1.807, 2.05) is 17.4 Å². The number of rotatable bonds is 17. The summed E-state index contributed by atoms with van der Waals surface area (Å²) in [5.41, 5.74) is 11.2. The minimum atomic E-state index is 0.0876. The van der Waals surface area contributed by atoms with Crippen molar-refractivity contribution in [2.45, 2.75) is 139 Å². The molecule has 2 aliphatic rings. The highest BCUT2D eigenvalue weighted by Gasteiger charge is 2.38. The summed E-state index contributed by atoms with van der Waals surface area (Å²) in [6.45, 7) is 33.2. The topological polar surface area (TPSA) is 19.6 Å². The van der Waals surface area contributed by atoms with Crippen LogP contribution in [0.2, 0.25) is 0 Å². The van der Waals surface area contributed by atoms with Gasteiger partial charge in [-0.05, 0) is 144 Å². The van der Waals surface area contributed by atoms with Gasteiger partial charge in [0.1, 0.15) is 5.58 Å². The van der Waals surface area contributed by atoms with Crippen LogP contribution in [-0.4, -0.2) is 13.8 Å². The molecule has 0 unspecified atom stereocenters. The first kappa shape index (κ1) is 50.6. The monoisotopic (exact) mass is 922 g/mol. The van der Waals surface area contributed by atoms with Crippen molar-refractivity contribution in [3.8, 4) is 0 Å². The summed E-state index contributed by atoms with van der Waals surface area (Å²) in [5.74, 6) is 3.56. The van der Waals surface area contributed by atoms with Gasteiger partial charge in [-0.3, -0.25) is 0 Å². The summed E-state index contributed by atoms with van der Waals surface area (Å²) in [5, 5.41) is 2.39. The van der Waals surface area contributed by atoms with Gasteiger partial charge in [-0.25, -0.2) is 0 Å². The van der Waals surface area contributed by atoms with Gasteiger partial charge in [-0.15, -0.1) is 11.3 Å². The largest absolute Gasteiger partial charge is 0.454 e. The van der Waals surface area contributed by atoms with Crippen LogP contribution in [-0.2, 0) is 10.8 Å². The van der Waals surface area contributed by atoms with E-state index in [-0.39, 0.29) is 21.7 Å². The number of hydrogen-bond acceptors (Lipinski definition) is 4. The van der Waals surface area contributed by atoms with E-state index in [0.717, 1.165) is 78.0 Å². The van der Waals surface area contributed by atoms with Crippen molar-refractivity contribution in [2.24, 2.45) is 16.7 Å². The molecule has 5 aromatic rings. The molecule has 3 aromatic carbocycles. The normalized spacial score (nSPS) is 17.6. The minimum absolute atomic E-state index is 0.0876. The number of anilines is 3. The first-order valence-corrected chi connectivity index (χ1v) is 26.1. The van der Waals surface area contributed by atoms with Gasteiger partial charge in [0.15, 0.2) is 5.76 Å². The number of benzene rings is 3. The lowest BCUT2D eigenvalue weighted by molar-refractivity contribution is 0.242. The molecule has 0 spiro atoms. The summed E-state index contributed by atoms with van der Waals surface area (Å²) >= 11 is 1.91. The average molecular weight is 922 g/mol. The fourth-order valence-electron chi connectivity index (χ4n) is 9.99. The van der Waals surface area contributed by atoms with Crippen LogP contribution in [0.3, 0.4) is 0 Å². The summed E-state index contributed by atoms with van der Waals surface area (Å²) < 4.78 is 9.47. The van der Waals surface area contributed by atoms with Crippen molar-refractivity contribution >= 4 is 73.3 Å². The van der Waals surface area contributed by atoms with E-state index in [1.165, 1.54) is 50.1 Å². The number of furan rings is 1. The molecule has 5 heteroatoms. The predicted octanol–water partition coefficient (Wildman–Crippen LogP) is 18.3. The molecule has 0 atom stereocenters. The molecule has 0 amide bonds. The molecular weight excluding hydrogens is 844 g/mol. The smallest absolute Gasteiger partial charge is 0.201 e. The van der Waals surface area contributed by atoms with Gasteiger partial charge in [0.25, 0.3) is 0 Å². The lowest BCUT2D eigenvalue weighted by atomic mass is 9.63. The van der Waals surface area contributed by atoms with Crippen molar-refractivity contribution in [1.82, 2.24) is 0 Å². The second-order valence-corrected chi connectivity index (χ2v) is 23.5. The predicted molar refractivity (Wildman–Crippen MR) is 303 cm³/mol. The average Bonchev–Trinajstić information content (AvgIpc) is 3.86. The van der Waals surface area contributed by atoms with E-state index in [1.54, 1.807) is 0 Å². The van der Waals surface area contributed by atoms with Crippen LogP contribution >= 0.6 is 11.3 Å². The van der Waals surface area contributed by atoms with Crippen molar-refractivity contribution < 1.29 is 4.42 Å². The molecule has 2 bridgehead atoms. The number of allylic oxidation sites excluding steroid dienone is 10. The summed E-state index contributed by atoms with van der Waals surface area (Å²) in [6, 6.07) is 22.6. The zero-order valence-corrected chi connectivity index (χ0v) is 44.3. The van der Waals surface area contributed by atoms with E-state index in [2.05, 4.69) is 240 Å². The van der Waals surface area contributed by atoms with Crippen molar-refractivity contribution in [1.29, 1.82) is 0 Å². The van der Waals surface area contributed by atoms with Gasteiger partial charge in [-0.1, -0.05) is 173 Å². The van der Waals surface area contributed by atoms with Crippen molar-refractivity contribution in [2.75, 3.05) is 16.3 Å². The fourth-order valence-corrected chi connectivity index (χ4v) is 11.1. The highest BCUT2D eigenvalue weighted by atomic mass is 32.1. The SMILES string of the molecule is C=Cc1c(/C2=C/[B]c3sc4cc5c(cc4c3N(C/C=C\C(=C/C)C(C)C)c3cccc(c3)N2/C=C/CC(C)(C)CCC(C)(C)C/C=C/C/C=C\C=C/C)C(C)(C)CCC5(C)C)oc2ccccc12. The maximum absolute atomic E-state index is 6.91. The Bertz CT molecular complexity index is 2810. The second-order valence-electron chi connectivity index (χ2n) is 22.4. The third-order valence-electron chi connectivity index (χ3n) is 14.6. The molecule has 0 fully saturated rings. The third kappa shape index (κ3) is 11.4. The molecule has 7 rings (SSSR count). The van der Waals surface area contributed by atoms with Crippen LogP contribution in [0.4, 0.5) is 17.1 Å². The van der Waals surface area contributed by atoms with E-state index < -0.39 is 0 Å². The molecule has 3 nitrogen and oxygen atoms in total.